The van der Waals surface area contributed by atoms with E-state index in [2.05, 4.69) is 10.6 Å². The smallest absolute Gasteiger partial charge is 0.230 e. The van der Waals surface area contributed by atoms with E-state index in [-0.39, 0.29) is 17.7 Å². The van der Waals surface area contributed by atoms with Crippen LogP contribution in [-0.4, -0.2) is 17.6 Å². The molecule has 6 heteroatoms. The molecule has 4 nitrogen and oxygen atoms in total. The van der Waals surface area contributed by atoms with Crippen LogP contribution in [0.5, 0.6) is 0 Å². The summed E-state index contributed by atoms with van der Waals surface area (Å²) < 4.78 is 0. The number of anilines is 1. The van der Waals surface area contributed by atoms with Gasteiger partial charge in [-0.3, -0.25) is 9.59 Å². The van der Waals surface area contributed by atoms with E-state index >= 15 is 0 Å². The Morgan fingerprint density at radius 3 is 2.52 bits per heavy atom. The number of carbonyl (C=O) groups is 2. The van der Waals surface area contributed by atoms with Crippen molar-refractivity contribution in [1.29, 1.82) is 0 Å². The molecule has 0 radical (unpaired) electrons. The molecule has 150 valence electrons. The zero-order valence-corrected chi connectivity index (χ0v) is 17.9. The molecule has 3 rings (SSSR count). The number of nitrogens with one attached hydrogen (secondary N) is 2. The Kier molecular flexibility index (Phi) is 7.18. The topological polar surface area (TPSA) is 58.2 Å². The highest BCUT2D eigenvalue weighted by Crippen LogP contribution is 2.33. The number of fused-ring (bicyclic) bond motifs is 1. The quantitative estimate of drug-likeness (QED) is 0.490. The predicted octanol–water partition coefficient (Wildman–Crippen LogP) is 5.50. The first-order chi connectivity index (χ1) is 13.9. The zero-order valence-electron chi connectivity index (χ0n) is 16.4. The van der Waals surface area contributed by atoms with E-state index in [0.29, 0.717) is 17.3 Å². The van der Waals surface area contributed by atoms with Gasteiger partial charge in [0.25, 0.3) is 0 Å². The minimum atomic E-state index is -0.0852. The van der Waals surface area contributed by atoms with Crippen molar-refractivity contribution in [3.63, 3.8) is 0 Å². The minimum absolute atomic E-state index is 0.0312. The van der Waals surface area contributed by atoms with Crippen LogP contribution in [0.4, 0.5) is 5.69 Å². The van der Waals surface area contributed by atoms with Crippen LogP contribution in [0.3, 0.4) is 0 Å². The Labute approximate surface area is 180 Å². The predicted molar refractivity (Wildman–Crippen MR) is 121 cm³/mol. The molecule has 0 aliphatic heterocycles. The van der Waals surface area contributed by atoms with Gasteiger partial charge in [0.1, 0.15) is 0 Å². The SMILES string of the molecule is CC(C)C(=O)Nc1cccc(CNC(=O)CSc2cccc3cccc(Cl)c23)c1. The first-order valence-electron chi connectivity index (χ1n) is 9.40. The van der Waals surface area contributed by atoms with Gasteiger partial charge in [-0.1, -0.05) is 61.8 Å². The van der Waals surface area contributed by atoms with E-state index in [1.54, 1.807) is 0 Å². The third kappa shape index (κ3) is 5.75. The summed E-state index contributed by atoms with van der Waals surface area (Å²) >= 11 is 7.81. The van der Waals surface area contributed by atoms with Crippen LogP contribution < -0.4 is 10.6 Å². The van der Waals surface area contributed by atoms with E-state index in [1.807, 2.05) is 74.5 Å². The van der Waals surface area contributed by atoms with Crippen molar-refractivity contribution in [3.05, 3.63) is 71.2 Å². The Hall–Kier alpha value is -2.50. The van der Waals surface area contributed by atoms with E-state index in [0.717, 1.165) is 26.9 Å². The molecule has 0 unspecified atom stereocenters. The summed E-state index contributed by atoms with van der Waals surface area (Å²) in [7, 11) is 0. The average molecular weight is 427 g/mol. The van der Waals surface area contributed by atoms with E-state index in [9.17, 15) is 9.59 Å². The fourth-order valence-electron chi connectivity index (χ4n) is 2.82. The maximum absolute atomic E-state index is 12.3. The van der Waals surface area contributed by atoms with Crippen molar-refractivity contribution < 1.29 is 9.59 Å². The number of hydrogen-bond acceptors (Lipinski definition) is 3. The molecule has 0 saturated heterocycles. The summed E-state index contributed by atoms with van der Waals surface area (Å²) in [6.07, 6.45) is 0. The van der Waals surface area contributed by atoms with Gasteiger partial charge in [0.2, 0.25) is 11.8 Å². The second-order valence-electron chi connectivity index (χ2n) is 7.00. The minimum Gasteiger partial charge on any atom is -0.351 e. The molecule has 0 bridgehead atoms. The fourth-order valence-corrected chi connectivity index (χ4v) is 4.10. The Bertz CT molecular complexity index is 1030. The van der Waals surface area contributed by atoms with Gasteiger partial charge in [-0.15, -0.1) is 11.8 Å². The second-order valence-corrected chi connectivity index (χ2v) is 8.43. The maximum atomic E-state index is 12.3. The molecule has 0 fully saturated rings. The lowest BCUT2D eigenvalue weighted by Crippen LogP contribution is -2.24. The number of amides is 2. The Morgan fingerprint density at radius 1 is 1.03 bits per heavy atom. The fraction of sp³-hybridized carbons (Fsp3) is 0.217. The lowest BCUT2D eigenvalue weighted by molar-refractivity contribution is -0.119. The normalized spacial score (nSPS) is 10.9. The molecule has 3 aromatic rings. The maximum Gasteiger partial charge on any atom is 0.230 e. The van der Waals surface area contributed by atoms with Crippen LogP contribution in [0.1, 0.15) is 19.4 Å². The van der Waals surface area contributed by atoms with Gasteiger partial charge in [-0.25, -0.2) is 0 Å². The molecule has 0 aliphatic carbocycles. The number of halogens is 1. The van der Waals surface area contributed by atoms with Crippen molar-refractivity contribution >= 4 is 51.6 Å². The number of thioether (sulfide) groups is 1. The molecule has 0 spiro atoms. The van der Waals surface area contributed by atoms with E-state index in [1.165, 1.54) is 11.8 Å². The third-order valence-electron chi connectivity index (χ3n) is 4.38. The number of hydrogen-bond donors (Lipinski definition) is 2. The van der Waals surface area contributed by atoms with Crippen molar-refractivity contribution in [1.82, 2.24) is 5.32 Å². The molecule has 3 aromatic carbocycles. The highest BCUT2D eigenvalue weighted by atomic mass is 35.5. The van der Waals surface area contributed by atoms with Crippen molar-refractivity contribution in [2.24, 2.45) is 5.92 Å². The third-order valence-corrected chi connectivity index (χ3v) is 5.76. The highest BCUT2D eigenvalue weighted by Gasteiger charge is 2.10. The molecule has 0 atom stereocenters. The van der Waals surface area contributed by atoms with Gasteiger partial charge in [0, 0.05) is 33.5 Å². The van der Waals surface area contributed by atoms with E-state index < -0.39 is 0 Å². The van der Waals surface area contributed by atoms with Gasteiger partial charge in [0.15, 0.2) is 0 Å². The zero-order chi connectivity index (χ0) is 20.8. The van der Waals surface area contributed by atoms with Gasteiger partial charge >= 0.3 is 0 Å². The number of benzene rings is 3. The summed E-state index contributed by atoms with van der Waals surface area (Å²) in [4.78, 5) is 25.1. The molecule has 2 amide bonds. The first-order valence-corrected chi connectivity index (χ1v) is 10.8. The van der Waals surface area contributed by atoms with Crippen LogP contribution in [0, 0.1) is 5.92 Å². The summed E-state index contributed by atoms with van der Waals surface area (Å²) in [5.74, 6) is 0.124. The van der Waals surface area contributed by atoms with Gasteiger partial charge in [0.05, 0.1) is 5.75 Å². The summed E-state index contributed by atoms with van der Waals surface area (Å²) in [5, 5.41) is 8.52. The Balaban J connectivity index is 1.57. The van der Waals surface area contributed by atoms with Gasteiger partial charge in [-0.2, -0.15) is 0 Å². The molecule has 0 aromatic heterocycles. The molecular formula is C23H23ClN2O2S. The first kappa shape index (κ1) is 21.2. The molecule has 2 N–H and O–H groups in total. The van der Waals surface area contributed by atoms with Gasteiger partial charge < -0.3 is 10.6 Å². The van der Waals surface area contributed by atoms with Crippen LogP contribution in [0.2, 0.25) is 5.02 Å². The average Bonchev–Trinajstić information content (AvgIpc) is 2.71. The standard InChI is InChI=1S/C23H23ClN2O2S/c1-15(2)23(28)26-18-9-3-6-16(12-18)13-25-21(27)14-29-20-11-5-8-17-7-4-10-19(24)22(17)20/h3-12,15H,13-14H2,1-2H3,(H,25,27)(H,26,28). The molecular weight excluding hydrogens is 404 g/mol. The van der Waals surface area contributed by atoms with Crippen molar-refractivity contribution in [2.45, 2.75) is 25.3 Å². The van der Waals surface area contributed by atoms with Gasteiger partial charge in [-0.05, 0) is 35.2 Å². The molecule has 0 heterocycles. The number of rotatable bonds is 7. The highest BCUT2D eigenvalue weighted by molar-refractivity contribution is 8.00. The van der Waals surface area contributed by atoms with Crippen LogP contribution >= 0.6 is 23.4 Å². The second kappa shape index (κ2) is 9.81. The largest absolute Gasteiger partial charge is 0.351 e. The summed E-state index contributed by atoms with van der Waals surface area (Å²) in [6.45, 7) is 4.10. The van der Waals surface area contributed by atoms with Crippen LogP contribution in [-0.2, 0) is 16.1 Å². The van der Waals surface area contributed by atoms with Crippen LogP contribution in [0.25, 0.3) is 10.8 Å². The lowest BCUT2D eigenvalue weighted by Gasteiger charge is -2.11. The summed E-state index contributed by atoms with van der Waals surface area (Å²) in [6, 6.07) is 19.2. The summed E-state index contributed by atoms with van der Waals surface area (Å²) in [5.41, 5.74) is 1.66. The Morgan fingerprint density at radius 2 is 1.76 bits per heavy atom. The van der Waals surface area contributed by atoms with Crippen molar-refractivity contribution in [2.75, 3.05) is 11.1 Å². The van der Waals surface area contributed by atoms with Crippen molar-refractivity contribution in [3.8, 4) is 0 Å². The lowest BCUT2D eigenvalue weighted by atomic mass is 10.1. The van der Waals surface area contributed by atoms with E-state index in [4.69, 9.17) is 11.6 Å². The number of carbonyl (C=O) groups excluding carboxylic acids is 2. The molecule has 0 aliphatic rings. The molecule has 29 heavy (non-hydrogen) atoms. The monoisotopic (exact) mass is 426 g/mol. The molecule has 0 saturated carbocycles. The van der Waals surface area contributed by atoms with Crippen LogP contribution in [0.15, 0.2) is 65.6 Å².